The zero-order valence-corrected chi connectivity index (χ0v) is 15.1. The predicted octanol–water partition coefficient (Wildman–Crippen LogP) is 1.17. The molecule has 0 spiro atoms. The van der Waals surface area contributed by atoms with Crippen LogP contribution >= 0.6 is 0 Å². The molecular formula is C17H18N8O2. The SMILES string of the molecule is COC(=O)c1ccn(Cn2nc(-c3cnn(C)c3)cc2-c2cnn(C)c2)n1. The van der Waals surface area contributed by atoms with Crippen LogP contribution in [-0.2, 0) is 25.5 Å². The third kappa shape index (κ3) is 3.24. The third-order valence-electron chi connectivity index (χ3n) is 4.10. The topological polar surface area (TPSA) is 97.6 Å². The number of nitrogens with zero attached hydrogens (tertiary/aromatic N) is 8. The fraction of sp³-hybridized carbons (Fsp3) is 0.235. The molecule has 0 aliphatic rings. The second-order valence-electron chi connectivity index (χ2n) is 6.09. The molecule has 4 rings (SSSR count). The Morgan fingerprint density at radius 3 is 2.41 bits per heavy atom. The van der Waals surface area contributed by atoms with Gasteiger partial charge in [-0.05, 0) is 12.1 Å². The summed E-state index contributed by atoms with van der Waals surface area (Å²) >= 11 is 0. The monoisotopic (exact) mass is 366 g/mol. The average molecular weight is 366 g/mol. The lowest BCUT2D eigenvalue weighted by Gasteiger charge is -2.06. The van der Waals surface area contributed by atoms with Gasteiger partial charge in [0.05, 0.1) is 30.9 Å². The van der Waals surface area contributed by atoms with Gasteiger partial charge in [-0.25, -0.2) is 9.48 Å². The van der Waals surface area contributed by atoms with E-state index in [9.17, 15) is 4.79 Å². The van der Waals surface area contributed by atoms with Crippen LogP contribution in [0.1, 0.15) is 10.5 Å². The van der Waals surface area contributed by atoms with E-state index in [1.54, 1.807) is 38.7 Å². The van der Waals surface area contributed by atoms with Gasteiger partial charge in [0, 0.05) is 43.8 Å². The molecule has 0 saturated heterocycles. The highest BCUT2D eigenvalue weighted by atomic mass is 16.5. The molecule has 138 valence electrons. The van der Waals surface area contributed by atoms with Gasteiger partial charge in [0.25, 0.3) is 0 Å². The molecule has 4 heterocycles. The normalized spacial score (nSPS) is 11.1. The quantitative estimate of drug-likeness (QED) is 0.492. The molecule has 0 aromatic carbocycles. The van der Waals surface area contributed by atoms with Crippen molar-refractivity contribution < 1.29 is 9.53 Å². The van der Waals surface area contributed by atoms with Crippen molar-refractivity contribution in [2.45, 2.75) is 6.67 Å². The summed E-state index contributed by atoms with van der Waals surface area (Å²) in [5, 5.41) is 17.4. The van der Waals surface area contributed by atoms with Crippen molar-refractivity contribution in [3.8, 4) is 22.5 Å². The van der Waals surface area contributed by atoms with Gasteiger partial charge < -0.3 is 4.74 Å². The van der Waals surface area contributed by atoms with E-state index in [1.807, 2.05) is 37.2 Å². The van der Waals surface area contributed by atoms with E-state index in [1.165, 1.54) is 7.11 Å². The van der Waals surface area contributed by atoms with Gasteiger partial charge in [0.1, 0.15) is 6.67 Å². The van der Waals surface area contributed by atoms with E-state index in [-0.39, 0.29) is 5.69 Å². The fourth-order valence-electron chi connectivity index (χ4n) is 2.80. The van der Waals surface area contributed by atoms with Gasteiger partial charge in [-0.15, -0.1) is 0 Å². The van der Waals surface area contributed by atoms with Crippen LogP contribution < -0.4 is 0 Å². The van der Waals surface area contributed by atoms with Crippen molar-refractivity contribution in [2.75, 3.05) is 7.11 Å². The molecule has 0 unspecified atom stereocenters. The Bertz CT molecular complexity index is 1100. The van der Waals surface area contributed by atoms with Gasteiger partial charge in [-0.3, -0.25) is 14.0 Å². The maximum Gasteiger partial charge on any atom is 0.358 e. The number of aromatic nitrogens is 8. The summed E-state index contributed by atoms with van der Waals surface area (Å²) in [5.41, 5.74) is 3.78. The van der Waals surface area contributed by atoms with Gasteiger partial charge in [0.15, 0.2) is 5.69 Å². The number of carbonyl (C=O) groups excluding carboxylic acids is 1. The maximum atomic E-state index is 11.6. The molecule has 0 amide bonds. The van der Waals surface area contributed by atoms with Crippen LogP contribution in [-0.4, -0.2) is 52.2 Å². The van der Waals surface area contributed by atoms with Gasteiger partial charge in [-0.2, -0.15) is 20.4 Å². The van der Waals surface area contributed by atoms with Crippen molar-refractivity contribution in [1.29, 1.82) is 0 Å². The summed E-state index contributed by atoms with van der Waals surface area (Å²) in [5.74, 6) is -0.474. The Balaban J connectivity index is 1.72. The number of esters is 1. The highest BCUT2D eigenvalue weighted by Gasteiger charge is 2.15. The zero-order valence-electron chi connectivity index (χ0n) is 15.1. The standard InChI is InChI=1S/C17H18N8O2/c1-22-9-12(7-18-22)15-6-16(13-8-19-23(2)10-13)25(21-15)11-24-5-4-14(20-24)17(26)27-3/h4-10H,11H2,1-3H3. The first-order chi connectivity index (χ1) is 13.0. The van der Waals surface area contributed by atoms with Gasteiger partial charge in [0.2, 0.25) is 0 Å². The molecule has 10 heteroatoms. The molecule has 0 aliphatic carbocycles. The summed E-state index contributed by atoms with van der Waals surface area (Å²) in [4.78, 5) is 11.6. The highest BCUT2D eigenvalue weighted by Crippen LogP contribution is 2.25. The van der Waals surface area contributed by atoms with E-state index < -0.39 is 5.97 Å². The minimum atomic E-state index is -0.474. The summed E-state index contributed by atoms with van der Waals surface area (Å²) in [6.45, 7) is 0.335. The minimum Gasteiger partial charge on any atom is -0.464 e. The Kier molecular flexibility index (Phi) is 4.07. The Labute approximate surface area is 154 Å². The lowest BCUT2D eigenvalue weighted by atomic mass is 10.2. The second kappa shape index (κ2) is 6.56. The maximum absolute atomic E-state index is 11.6. The molecule has 0 bridgehead atoms. The van der Waals surface area contributed by atoms with Gasteiger partial charge in [-0.1, -0.05) is 0 Å². The summed E-state index contributed by atoms with van der Waals surface area (Å²) < 4.78 is 11.6. The van der Waals surface area contributed by atoms with E-state index in [4.69, 9.17) is 9.84 Å². The van der Waals surface area contributed by atoms with Crippen molar-refractivity contribution in [1.82, 2.24) is 39.1 Å². The first-order valence-electron chi connectivity index (χ1n) is 8.21. The van der Waals surface area contributed by atoms with Crippen LogP contribution in [0.2, 0.25) is 0 Å². The Hall–Kier alpha value is -3.69. The summed E-state index contributed by atoms with van der Waals surface area (Å²) in [6, 6.07) is 3.60. The number of carbonyl (C=O) groups is 1. The molecule has 0 saturated carbocycles. The smallest absolute Gasteiger partial charge is 0.358 e. The van der Waals surface area contributed by atoms with Crippen LogP contribution in [0, 0.1) is 0 Å². The largest absolute Gasteiger partial charge is 0.464 e. The third-order valence-corrected chi connectivity index (χ3v) is 4.10. The van der Waals surface area contributed by atoms with Crippen LogP contribution in [0.15, 0.2) is 43.1 Å². The zero-order chi connectivity index (χ0) is 19.0. The molecular weight excluding hydrogens is 348 g/mol. The number of hydrogen-bond donors (Lipinski definition) is 0. The van der Waals surface area contributed by atoms with Crippen molar-refractivity contribution in [3.63, 3.8) is 0 Å². The number of rotatable bonds is 5. The molecule has 27 heavy (non-hydrogen) atoms. The fourth-order valence-corrected chi connectivity index (χ4v) is 2.80. The van der Waals surface area contributed by atoms with E-state index in [0.29, 0.717) is 6.67 Å². The summed E-state index contributed by atoms with van der Waals surface area (Å²) in [7, 11) is 5.05. The molecule has 0 fully saturated rings. The molecule has 0 atom stereocenters. The number of ether oxygens (including phenoxy) is 1. The van der Waals surface area contributed by atoms with Crippen LogP contribution in [0.3, 0.4) is 0 Å². The molecule has 10 nitrogen and oxygen atoms in total. The van der Waals surface area contributed by atoms with Crippen LogP contribution in [0.4, 0.5) is 0 Å². The van der Waals surface area contributed by atoms with Crippen molar-refractivity contribution in [2.24, 2.45) is 14.1 Å². The van der Waals surface area contributed by atoms with Crippen molar-refractivity contribution >= 4 is 5.97 Å². The van der Waals surface area contributed by atoms with E-state index >= 15 is 0 Å². The second-order valence-corrected chi connectivity index (χ2v) is 6.09. The molecule has 0 N–H and O–H groups in total. The lowest BCUT2D eigenvalue weighted by Crippen LogP contribution is -2.12. The Morgan fingerprint density at radius 1 is 1.07 bits per heavy atom. The first kappa shape index (κ1) is 16.8. The van der Waals surface area contributed by atoms with E-state index in [0.717, 1.165) is 22.5 Å². The molecule has 0 aliphatic heterocycles. The van der Waals surface area contributed by atoms with Gasteiger partial charge >= 0.3 is 5.97 Å². The lowest BCUT2D eigenvalue weighted by molar-refractivity contribution is 0.0593. The predicted molar refractivity (Wildman–Crippen MR) is 95.6 cm³/mol. The molecule has 4 aromatic heterocycles. The number of aryl methyl sites for hydroxylation is 2. The van der Waals surface area contributed by atoms with Crippen molar-refractivity contribution in [3.05, 3.63) is 48.8 Å². The first-order valence-corrected chi connectivity index (χ1v) is 8.21. The average Bonchev–Trinajstić information content (AvgIpc) is 3.42. The highest BCUT2D eigenvalue weighted by molar-refractivity contribution is 5.86. The number of hydrogen-bond acceptors (Lipinski definition) is 6. The summed E-state index contributed by atoms with van der Waals surface area (Å²) in [6.07, 6.45) is 9.09. The van der Waals surface area contributed by atoms with Crippen LogP contribution in [0.25, 0.3) is 22.5 Å². The molecule has 4 aromatic rings. The Morgan fingerprint density at radius 2 is 1.78 bits per heavy atom. The minimum absolute atomic E-state index is 0.250. The molecule has 0 radical (unpaired) electrons. The van der Waals surface area contributed by atoms with Crippen LogP contribution in [0.5, 0.6) is 0 Å². The van der Waals surface area contributed by atoms with E-state index in [2.05, 4.69) is 15.3 Å². The number of methoxy groups -OCH3 is 1.